The van der Waals surface area contributed by atoms with Gasteiger partial charge < -0.3 is 10.6 Å². The molecule has 1 atom stereocenters. The van der Waals surface area contributed by atoms with Gasteiger partial charge >= 0.3 is 0 Å². The highest BCUT2D eigenvalue weighted by molar-refractivity contribution is 7.80. The average molecular weight is 157 g/mol. The lowest BCUT2D eigenvalue weighted by atomic mass is 10.2. The van der Waals surface area contributed by atoms with Crippen LogP contribution in [0.2, 0.25) is 0 Å². The van der Waals surface area contributed by atoms with E-state index in [0.717, 1.165) is 0 Å². The number of thiocarbonyl (C=S) groups is 1. The lowest BCUT2D eigenvalue weighted by Gasteiger charge is -2.22. The third-order valence-corrected chi connectivity index (χ3v) is 1.68. The summed E-state index contributed by atoms with van der Waals surface area (Å²) in [6.07, 6.45) is 0.452. The lowest BCUT2D eigenvalue weighted by molar-refractivity contribution is 0.398. The topological polar surface area (TPSA) is 53.0 Å². The highest BCUT2D eigenvalue weighted by Gasteiger charge is 2.07. The standard InChI is InChI=1S/C6H11N3S/c1-5(3-4-7)9(2)6(8)10/h5H,3H2,1-2H3,(H2,8,10). The van der Waals surface area contributed by atoms with E-state index in [9.17, 15) is 0 Å². The van der Waals surface area contributed by atoms with Crippen LogP contribution < -0.4 is 5.73 Å². The molecule has 0 saturated heterocycles. The van der Waals surface area contributed by atoms with Gasteiger partial charge in [0.25, 0.3) is 0 Å². The van der Waals surface area contributed by atoms with E-state index in [1.165, 1.54) is 0 Å². The maximum atomic E-state index is 8.31. The van der Waals surface area contributed by atoms with Gasteiger partial charge in [0.15, 0.2) is 5.11 Å². The van der Waals surface area contributed by atoms with E-state index >= 15 is 0 Å². The Balaban J connectivity index is 3.84. The third kappa shape index (κ3) is 2.65. The number of nitrogens with zero attached hydrogens (tertiary/aromatic N) is 2. The van der Waals surface area contributed by atoms with Gasteiger partial charge in [0.05, 0.1) is 12.5 Å². The largest absolute Gasteiger partial charge is 0.376 e. The van der Waals surface area contributed by atoms with Gasteiger partial charge in [0.1, 0.15) is 0 Å². The second kappa shape index (κ2) is 4.07. The summed E-state index contributed by atoms with van der Waals surface area (Å²) in [5, 5.41) is 8.64. The molecule has 0 aromatic heterocycles. The summed E-state index contributed by atoms with van der Waals surface area (Å²) >= 11 is 4.70. The Morgan fingerprint density at radius 1 is 1.90 bits per heavy atom. The van der Waals surface area contributed by atoms with Crippen LogP contribution in [0.5, 0.6) is 0 Å². The first-order chi connectivity index (χ1) is 4.59. The van der Waals surface area contributed by atoms with E-state index in [2.05, 4.69) is 0 Å². The van der Waals surface area contributed by atoms with Crippen molar-refractivity contribution < 1.29 is 0 Å². The van der Waals surface area contributed by atoms with Crippen molar-refractivity contribution in [1.29, 1.82) is 5.26 Å². The van der Waals surface area contributed by atoms with Crippen LogP contribution in [0.25, 0.3) is 0 Å². The van der Waals surface area contributed by atoms with E-state index in [-0.39, 0.29) is 6.04 Å². The molecule has 0 radical (unpaired) electrons. The Bertz CT molecular complexity index is 161. The molecule has 1 unspecified atom stereocenters. The molecule has 0 bridgehead atoms. The summed E-state index contributed by atoms with van der Waals surface area (Å²) < 4.78 is 0. The highest BCUT2D eigenvalue weighted by Crippen LogP contribution is 1.98. The van der Waals surface area contributed by atoms with E-state index in [1.807, 2.05) is 13.0 Å². The average Bonchev–Trinajstić information content (AvgIpc) is 1.87. The van der Waals surface area contributed by atoms with Crippen LogP contribution >= 0.6 is 12.2 Å². The monoisotopic (exact) mass is 157 g/mol. The van der Waals surface area contributed by atoms with Crippen molar-refractivity contribution in [2.24, 2.45) is 5.73 Å². The van der Waals surface area contributed by atoms with Crippen LogP contribution in [-0.2, 0) is 0 Å². The normalized spacial score (nSPS) is 11.7. The van der Waals surface area contributed by atoms with Gasteiger partial charge in [0, 0.05) is 13.1 Å². The maximum Gasteiger partial charge on any atom is 0.166 e. The fourth-order valence-corrected chi connectivity index (χ4v) is 0.666. The molecular formula is C6H11N3S. The molecule has 0 aliphatic heterocycles. The summed E-state index contributed by atoms with van der Waals surface area (Å²) in [6, 6.07) is 2.16. The molecular weight excluding hydrogens is 146 g/mol. The van der Waals surface area contributed by atoms with Gasteiger partial charge in [-0.2, -0.15) is 5.26 Å². The maximum absolute atomic E-state index is 8.31. The minimum absolute atomic E-state index is 0.113. The first-order valence-corrected chi connectivity index (χ1v) is 3.39. The second-order valence-corrected chi connectivity index (χ2v) is 2.58. The zero-order valence-electron chi connectivity index (χ0n) is 6.16. The van der Waals surface area contributed by atoms with E-state index in [4.69, 9.17) is 23.2 Å². The minimum Gasteiger partial charge on any atom is -0.376 e. The Kier molecular flexibility index (Phi) is 3.74. The summed E-state index contributed by atoms with van der Waals surface area (Å²) in [7, 11) is 1.78. The first kappa shape index (κ1) is 9.18. The molecule has 0 saturated carbocycles. The van der Waals surface area contributed by atoms with Crippen molar-refractivity contribution in [3.8, 4) is 6.07 Å². The molecule has 0 aliphatic carbocycles. The summed E-state index contributed by atoms with van der Waals surface area (Å²) in [5.74, 6) is 0. The quantitative estimate of drug-likeness (QED) is 0.592. The molecule has 0 amide bonds. The summed E-state index contributed by atoms with van der Waals surface area (Å²) in [5.41, 5.74) is 5.32. The fraction of sp³-hybridized carbons (Fsp3) is 0.667. The van der Waals surface area contributed by atoms with Crippen molar-refractivity contribution in [3.05, 3.63) is 0 Å². The predicted molar refractivity (Wildman–Crippen MR) is 44.2 cm³/mol. The molecule has 10 heavy (non-hydrogen) atoms. The van der Waals surface area contributed by atoms with Crippen molar-refractivity contribution in [2.75, 3.05) is 7.05 Å². The summed E-state index contributed by atoms with van der Waals surface area (Å²) in [4.78, 5) is 1.71. The third-order valence-electron chi connectivity index (χ3n) is 1.40. The molecule has 0 fully saturated rings. The molecule has 0 rings (SSSR count). The Morgan fingerprint density at radius 2 is 2.40 bits per heavy atom. The molecule has 0 spiro atoms. The first-order valence-electron chi connectivity index (χ1n) is 2.98. The van der Waals surface area contributed by atoms with Crippen molar-refractivity contribution in [1.82, 2.24) is 4.90 Å². The van der Waals surface area contributed by atoms with E-state index in [1.54, 1.807) is 11.9 Å². The van der Waals surface area contributed by atoms with Crippen molar-refractivity contribution in [3.63, 3.8) is 0 Å². The minimum atomic E-state index is 0.113. The van der Waals surface area contributed by atoms with Gasteiger partial charge in [-0.15, -0.1) is 0 Å². The molecule has 3 nitrogen and oxygen atoms in total. The zero-order chi connectivity index (χ0) is 8.15. The van der Waals surface area contributed by atoms with Crippen molar-refractivity contribution >= 4 is 17.3 Å². The molecule has 56 valence electrons. The van der Waals surface area contributed by atoms with Gasteiger partial charge in [0.2, 0.25) is 0 Å². The van der Waals surface area contributed by atoms with Crippen LogP contribution in [0.3, 0.4) is 0 Å². The van der Waals surface area contributed by atoms with Gasteiger partial charge in [-0.3, -0.25) is 0 Å². The number of hydrogen-bond acceptors (Lipinski definition) is 2. The molecule has 0 aliphatic rings. The fourth-order valence-electron chi connectivity index (χ4n) is 0.486. The van der Waals surface area contributed by atoms with Gasteiger partial charge in [-0.05, 0) is 19.1 Å². The molecule has 2 N–H and O–H groups in total. The molecule has 4 heteroatoms. The SMILES string of the molecule is CC(CC#N)N(C)C(N)=S. The van der Waals surface area contributed by atoms with Crippen molar-refractivity contribution in [2.45, 2.75) is 19.4 Å². The number of nitrogens with two attached hydrogens (primary N) is 1. The van der Waals surface area contributed by atoms with E-state index in [0.29, 0.717) is 11.5 Å². The van der Waals surface area contributed by atoms with Gasteiger partial charge in [-0.1, -0.05) is 0 Å². The highest BCUT2D eigenvalue weighted by atomic mass is 32.1. The smallest absolute Gasteiger partial charge is 0.166 e. The number of rotatable bonds is 2. The number of nitriles is 1. The van der Waals surface area contributed by atoms with Crippen LogP contribution in [-0.4, -0.2) is 23.1 Å². The number of hydrogen-bond donors (Lipinski definition) is 1. The van der Waals surface area contributed by atoms with Crippen LogP contribution in [0, 0.1) is 11.3 Å². The summed E-state index contributed by atoms with van der Waals surface area (Å²) in [6.45, 7) is 1.91. The zero-order valence-corrected chi connectivity index (χ0v) is 6.98. The molecule has 0 heterocycles. The van der Waals surface area contributed by atoms with E-state index < -0.39 is 0 Å². The Hall–Kier alpha value is -0.820. The predicted octanol–water partition coefficient (Wildman–Crippen LogP) is 0.464. The lowest BCUT2D eigenvalue weighted by Crippen LogP contribution is -2.38. The van der Waals surface area contributed by atoms with Crippen LogP contribution in [0.4, 0.5) is 0 Å². The molecule has 0 aromatic carbocycles. The van der Waals surface area contributed by atoms with Crippen LogP contribution in [0.15, 0.2) is 0 Å². The Morgan fingerprint density at radius 3 is 2.70 bits per heavy atom. The van der Waals surface area contributed by atoms with Gasteiger partial charge in [-0.25, -0.2) is 0 Å². The second-order valence-electron chi connectivity index (χ2n) is 2.16. The van der Waals surface area contributed by atoms with Crippen LogP contribution in [0.1, 0.15) is 13.3 Å². The molecule has 0 aromatic rings. The Labute approximate surface area is 66.4 Å².